The number of carbonyl (C=O) groups excluding carboxylic acids is 1. The summed E-state index contributed by atoms with van der Waals surface area (Å²) in [5, 5.41) is 0. The highest BCUT2D eigenvalue weighted by Gasteiger charge is 2.23. The van der Waals surface area contributed by atoms with Gasteiger partial charge in [0.1, 0.15) is 6.29 Å². The summed E-state index contributed by atoms with van der Waals surface area (Å²) in [5.74, 6) is -4.43. The number of hydrogen-bond acceptors (Lipinski definition) is 2. The van der Waals surface area contributed by atoms with Crippen LogP contribution >= 0.6 is 0 Å². The molecule has 0 fully saturated rings. The lowest BCUT2D eigenvalue weighted by Gasteiger charge is -2.15. The van der Waals surface area contributed by atoms with Crippen molar-refractivity contribution in [2.45, 2.75) is 19.3 Å². The van der Waals surface area contributed by atoms with Crippen LogP contribution in [0.15, 0.2) is 6.07 Å². The summed E-state index contributed by atoms with van der Waals surface area (Å²) < 4.78 is 44.4. The molecule has 0 spiro atoms. The van der Waals surface area contributed by atoms with E-state index in [2.05, 4.69) is 4.74 Å². The van der Waals surface area contributed by atoms with E-state index in [0.717, 1.165) is 7.11 Å². The van der Waals surface area contributed by atoms with Crippen molar-refractivity contribution in [3.8, 4) is 5.75 Å². The first-order chi connectivity index (χ1) is 7.52. The van der Waals surface area contributed by atoms with Crippen molar-refractivity contribution in [2.24, 2.45) is 0 Å². The highest BCUT2D eigenvalue weighted by atomic mass is 19.2. The largest absolute Gasteiger partial charge is 0.493 e. The van der Waals surface area contributed by atoms with Crippen molar-refractivity contribution in [1.29, 1.82) is 0 Å². The number of carbonyl (C=O) groups is 1. The van der Waals surface area contributed by atoms with E-state index in [1.165, 1.54) is 6.92 Å². The minimum Gasteiger partial charge on any atom is -0.493 e. The van der Waals surface area contributed by atoms with E-state index in [-0.39, 0.29) is 17.7 Å². The molecule has 1 aromatic rings. The molecular weight excluding hydrogens is 221 g/mol. The molecule has 1 rings (SSSR count). The summed E-state index contributed by atoms with van der Waals surface area (Å²) in [6.45, 7) is 1.49. The molecule has 2 nitrogen and oxygen atoms in total. The van der Waals surface area contributed by atoms with Gasteiger partial charge in [0, 0.05) is 18.1 Å². The van der Waals surface area contributed by atoms with Crippen LogP contribution in [0.2, 0.25) is 0 Å². The van der Waals surface area contributed by atoms with Crippen LogP contribution in [0.3, 0.4) is 0 Å². The Balaban J connectivity index is 3.37. The molecule has 0 saturated carbocycles. The van der Waals surface area contributed by atoms with Gasteiger partial charge in [0.15, 0.2) is 23.2 Å². The van der Waals surface area contributed by atoms with Crippen LogP contribution in [0.4, 0.5) is 13.2 Å². The molecule has 0 saturated heterocycles. The van der Waals surface area contributed by atoms with Crippen LogP contribution in [-0.2, 0) is 4.79 Å². The number of aldehydes is 1. The minimum absolute atomic E-state index is 0.0316. The van der Waals surface area contributed by atoms with Crippen LogP contribution < -0.4 is 4.74 Å². The molecule has 0 aliphatic rings. The first-order valence-corrected chi connectivity index (χ1v) is 4.67. The third-order valence-electron chi connectivity index (χ3n) is 2.31. The van der Waals surface area contributed by atoms with Gasteiger partial charge in [-0.1, -0.05) is 6.92 Å². The van der Waals surface area contributed by atoms with E-state index >= 15 is 0 Å². The first-order valence-electron chi connectivity index (χ1n) is 4.67. The van der Waals surface area contributed by atoms with Gasteiger partial charge in [-0.2, -0.15) is 0 Å². The fourth-order valence-corrected chi connectivity index (χ4v) is 1.51. The van der Waals surface area contributed by atoms with Gasteiger partial charge < -0.3 is 9.53 Å². The normalized spacial score (nSPS) is 12.3. The number of benzene rings is 1. The number of rotatable bonds is 4. The Morgan fingerprint density at radius 2 is 2.00 bits per heavy atom. The second kappa shape index (κ2) is 5.01. The monoisotopic (exact) mass is 232 g/mol. The lowest BCUT2D eigenvalue weighted by molar-refractivity contribution is -0.108. The molecule has 5 heteroatoms. The van der Waals surface area contributed by atoms with Crippen molar-refractivity contribution >= 4 is 6.29 Å². The Bertz CT molecular complexity index is 405. The number of hydrogen-bond donors (Lipinski definition) is 0. The molecule has 0 aromatic heterocycles. The quantitative estimate of drug-likeness (QED) is 0.589. The van der Waals surface area contributed by atoms with Crippen molar-refractivity contribution < 1.29 is 22.7 Å². The molecule has 0 aliphatic carbocycles. The zero-order valence-corrected chi connectivity index (χ0v) is 8.89. The molecule has 0 N–H and O–H groups in total. The van der Waals surface area contributed by atoms with E-state index in [1.54, 1.807) is 0 Å². The Labute approximate surface area is 91.0 Å². The van der Waals surface area contributed by atoms with Gasteiger partial charge in [-0.3, -0.25) is 0 Å². The molecule has 88 valence electrons. The minimum atomic E-state index is -1.29. The van der Waals surface area contributed by atoms with Crippen LogP contribution in [0, 0.1) is 17.5 Å². The fraction of sp³-hybridized carbons (Fsp3) is 0.364. The second-order valence-electron chi connectivity index (χ2n) is 3.40. The zero-order chi connectivity index (χ0) is 12.3. The van der Waals surface area contributed by atoms with Gasteiger partial charge in [0.05, 0.1) is 7.11 Å². The third kappa shape index (κ3) is 2.18. The highest BCUT2D eigenvalue weighted by molar-refractivity contribution is 5.53. The van der Waals surface area contributed by atoms with Crippen molar-refractivity contribution in [2.75, 3.05) is 7.11 Å². The van der Waals surface area contributed by atoms with Gasteiger partial charge in [0.25, 0.3) is 0 Å². The number of ether oxygens (including phenoxy) is 1. The summed E-state index contributed by atoms with van der Waals surface area (Å²) in [4.78, 5) is 10.3. The molecule has 0 amide bonds. The van der Waals surface area contributed by atoms with Crippen molar-refractivity contribution in [3.05, 3.63) is 29.1 Å². The Kier molecular flexibility index (Phi) is 3.93. The first kappa shape index (κ1) is 12.5. The molecular formula is C11H11F3O2. The SMILES string of the molecule is COc1c(F)cc(F)c(F)c1C(C)CC=O. The number of methoxy groups -OCH3 is 1. The molecule has 16 heavy (non-hydrogen) atoms. The van der Waals surface area contributed by atoms with E-state index in [1.807, 2.05) is 0 Å². The van der Waals surface area contributed by atoms with Crippen molar-refractivity contribution in [3.63, 3.8) is 0 Å². The van der Waals surface area contributed by atoms with Gasteiger partial charge in [-0.15, -0.1) is 0 Å². The van der Waals surface area contributed by atoms with Crippen LogP contribution in [0.1, 0.15) is 24.8 Å². The van der Waals surface area contributed by atoms with Gasteiger partial charge in [-0.05, 0) is 5.92 Å². The van der Waals surface area contributed by atoms with E-state index < -0.39 is 23.4 Å². The van der Waals surface area contributed by atoms with Gasteiger partial charge >= 0.3 is 0 Å². The van der Waals surface area contributed by atoms with Gasteiger partial charge in [0.2, 0.25) is 0 Å². The predicted octanol–water partition coefficient (Wildman–Crippen LogP) is 2.81. The van der Waals surface area contributed by atoms with Crippen LogP contribution in [0.25, 0.3) is 0 Å². The second-order valence-corrected chi connectivity index (χ2v) is 3.40. The Hall–Kier alpha value is -1.52. The topological polar surface area (TPSA) is 26.3 Å². The summed E-state index contributed by atoms with van der Waals surface area (Å²) in [7, 11) is 1.16. The summed E-state index contributed by atoms with van der Waals surface area (Å²) in [6.07, 6.45) is 0.530. The summed E-state index contributed by atoms with van der Waals surface area (Å²) >= 11 is 0. The lowest BCUT2D eigenvalue weighted by atomic mass is 9.96. The van der Waals surface area contributed by atoms with Crippen LogP contribution in [0.5, 0.6) is 5.75 Å². The van der Waals surface area contributed by atoms with Gasteiger partial charge in [-0.25, -0.2) is 13.2 Å². The molecule has 1 unspecified atom stereocenters. The molecule has 1 atom stereocenters. The molecule has 0 bridgehead atoms. The molecule has 1 aromatic carbocycles. The van der Waals surface area contributed by atoms with Crippen molar-refractivity contribution in [1.82, 2.24) is 0 Å². The Morgan fingerprint density at radius 3 is 2.50 bits per heavy atom. The Morgan fingerprint density at radius 1 is 1.38 bits per heavy atom. The fourth-order valence-electron chi connectivity index (χ4n) is 1.51. The maximum Gasteiger partial charge on any atom is 0.168 e. The number of halogens is 3. The van der Waals surface area contributed by atoms with E-state index in [4.69, 9.17) is 0 Å². The van der Waals surface area contributed by atoms with E-state index in [9.17, 15) is 18.0 Å². The molecule has 0 aliphatic heterocycles. The van der Waals surface area contributed by atoms with E-state index in [0.29, 0.717) is 12.4 Å². The molecule has 0 radical (unpaired) electrons. The van der Waals surface area contributed by atoms with Crippen LogP contribution in [-0.4, -0.2) is 13.4 Å². The average molecular weight is 232 g/mol. The zero-order valence-electron chi connectivity index (χ0n) is 8.89. The molecule has 0 heterocycles. The lowest BCUT2D eigenvalue weighted by Crippen LogP contribution is -2.06. The standard InChI is InChI=1S/C11H11F3O2/c1-6(3-4-15)9-10(14)7(12)5-8(13)11(9)16-2/h4-6H,3H2,1-2H3. The third-order valence-corrected chi connectivity index (χ3v) is 2.31. The summed E-state index contributed by atoms with van der Waals surface area (Å²) in [5.41, 5.74) is -0.243. The maximum atomic E-state index is 13.5. The predicted molar refractivity (Wildman–Crippen MR) is 52.0 cm³/mol. The highest BCUT2D eigenvalue weighted by Crippen LogP contribution is 2.34. The smallest absolute Gasteiger partial charge is 0.168 e. The maximum absolute atomic E-state index is 13.5. The summed E-state index contributed by atoms with van der Waals surface area (Å²) in [6, 6.07) is 0.422. The average Bonchev–Trinajstić information content (AvgIpc) is 2.23.